The second kappa shape index (κ2) is 19.5. The molecule has 0 aliphatic carbocycles. The Bertz CT molecular complexity index is 663. The van der Waals surface area contributed by atoms with E-state index in [1.165, 1.54) is 22.7 Å². The summed E-state index contributed by atoms with van der Waals surface area (Å²) in [6.07, 6.45) is 0. The molecule has 0 radical (unpaired) electrons. The first kappa shape index (κ1) is 28.9. The van der Waals surface area contributed by atoms with Crippen molar-refractivity contribution in [3.63, 3.8) is 0 Å². The molecule has 1 aliphatic rings. The Morgan fingerprint density at radius 3 is 0.722 bits per heavy atom. The van der Waals surface area contributed by atoms with E-state index in [2.05, 4.69) is 0 Å². The summed E-state index contributed by atoms with van der Waals surface area (Å²) >= 11 is 3.05. The van der Waals surface area contributed by atoms with Crippen LogP contribution in [0.3, 0.4) is 0 Å². The van der Waals surface area contributed by atoms with Gasteiger partial charge in [0.2, 0.25) is 0 Å². The van der Waals surface area contributed by atoms with E-state index >= 15 is 0 Å². The summed E-state index contributed by atoms with van der Waals surface area (Å²) in [6, 6.07) is 0. The van der Waals surface area contributed by atoms with Crippen molar-refractivity contribution in [2.75, 3.05) is 106 Å². The maximum Gasteiger partial charge on any atom is 0.171 e. The van der Waals surface area contributed by atoms with Crippen LogP contribution >= 0.6 is 22.7 Å². The third-order valence-electron chi connectivity index (χ3n) is 4.61. The van der Waals surface area contributed by atoms with Crippen LogP contribution in [-0.4, -0.2) is 106 Å². The van der Waals surface area contributed by atoms with E-state index in [1.54, 1.807) is 0 Å². The number of ether oxygens (including phenoxy) is 10. The summed E-state index contributed by atoms with van der Waals surface area (Å²) in [7, 11) is 0. The number of thiophene rings is 2. The van der Waals surface area contributed by atoms with Crippen LogP contribution in [0.15, 0.2) is 21.5 Å². The zero-order valence-electron chi connectivity index (χ0n) is 20.5. The van der Waals surface area contributed by atoms with Gasteiger partial charge < -0.3 is 47.4 Å². The van der Waals surface area contributed by atoms with Gasteiger partial charge in [0, 0.05) is 21.5 Å². The molecule has 0 N–H and O–H groups in total. The monoisotopic (exact) mass is 548 g/mol. The van der Waals surface area contributed by atoms with Crippen molar-refractivity contribution in [1.82, 2.24) is 0 Å². The molecule has 0 bridgehead atoms. The Morgan fingerprint density at radius 1 is 0.306 bits per heavy atom. The normalized spacial score (nSPS) is 19.8. The number of hydrogen-bond acceptors (Lipinski definition) is 12. The average Bonchev–Trinajstić information content (AvgIpc) is 3.53. The van der Waals surface area contributed by atoms with Crippen LogP contribution in [-0.2, 0) is 28.4 Å². The predicted octanol–water partition coefficient (Wildman–Crippen LogP) is 3.14. The Kier molecular flexibility index (Phi) is 15.6. The van der Waals surface area contributed by atoms with Gasteiger partial charge in [-0.25, -0.2) is 0 Å². The largest absolute Gasteiger partial charge is 0.486 e. The fraction of sp³-hybridized carbons (Fsp3) is 0.667. The Balaban J connectivity index is 1.33. The summed E-state index contributed by atoms with van der Waals surface area (Å²) < 4.78 is 56.2. The standard InChI is InChI=1S/C24H36O10S2/c1-5-27-9-13-31-21-17-35-18-22(21)33-15-11-29-7-3-26-4-8-30-12-16-34-24-20-36-19-23(24)32-14-10-28-6-2-25-1/h17-20H,1-16H2. The van der Waals surface area contributed by atoms with Crippen molar-refractivity contribution in [2.45, 2.75) is 0 Å². The first-order valence-electron chi connectivity index (χ1n) is 12.0. The summed E-state index contributed by atoms with van der Waals surface area (Å²) in [4.78, 5) is 0. The number of rotatable bonds is 0. The van der Waals surface area contributed by atoms with Gasteiger partial charge in [-0.3, -0.25) is 0 Å². The van der Waals surface area contributed by atoms with Gasteiger partial charge in [-0.1, -0.05) is 0 Å². The average molecular weight is 549 g/mol. The summed E-state index contributed by atoms with van der Waals surface area (Å²) in [5.41, 5.74) is 0. The minimum atomic E-state index is 0.435. The van der Waals surface area contributed by atoms with E-state index in [-0.39, 0.29) is 0 Å². The lowest BCUT2D eigenvalue weighted by Gasteiger charge is -2.11. The van der Waals surface area contributed by atoms with Gasteiger partial charge >= 0.3 is 0 Å². The molecule has 3 heterocycles. The Hall–Kier alpha value is -1.64. The summed E-state index contributed by atoms with van der Waals surface area (Å²) in [5, 5.41) is 7.64. The highest BCUT2D eigenvalue weighted by Gasteiger charge is 2.08. The quantitative estimate of drug-likeness (QED) is 0.489. The smallest absolute Gasteiger partial charge is 0.171 e. The molecule has 0 spiro atoms. The molecule has 0 atom stereocenters. The maximum absolute atomic E-state index is 5.75. The molecule has 36 heavy (non-hydrogen) atoms. The van der Waals surface area contributed by atoms with Gasteiger partial charge in [-0.2, -0.15) is 0 Å². The van der Waals surface area contributed by atoms with E-state index < -0.39 is 0 Å². The van der Waals surface area contributed by atoms with Crippen LogP contribution in [0, 0.1) is 0 Å². The Morgan fingerprint density at radius 2 is 0.500 bits per heavy atom. The molecule has 3 rings (SSSR count). The zero-order valence-corrected chi connectivity index (χ0v) is 22.2. The minimum absolute atomic E-state index is 0.435. The minimum Gasteiger partial charge on any atom is -0.486 e. The number of fused-ring (bicyclic) bond motifs is 2. The molecule has 204 valence electrons. The molecule has 0 aromatic carbocycles. The van der Waals surface area contributed by atoms with E-state index in [4.69, 9.17) is 47.4 Å². The van der Waals surface area contributed by atoms with Crippen molar-refractivity contribution in [3.05, 3.63) is 21.5 Å². The van der Waals surface area contributed by atoms with Crippen LogP contribution in [0.1, 0.15) is 0 Å². The van der Waals surface area contributed by atoms with Gasteiger partial charge in [-0.15, -0.1) is 22.7 Å². The second-order valence-electron chi connectivity index (χ2n) is 7.27. The van der Waals surface area contributed by atoms with Crippen LogP contribution in [0.2, 0.25) is 0 Å². The highest BCUT2D eigenvalue weighted by molar-refractivity contribution is 7.08. The van der Waals surface area contributed by atoms with E-state index in [0.717, 1.165) is 0 Å². The van der Waals surface area contributed by atoms with E-state index in [1.807, 2.05) is 21.5 Å². The fourth-order valence-corrected chi connectivity index (χ4v) is 4.26. The highest BCUT2D eigenvalue weighted by Crippen LogP contribution is 2.32. The third-order valence-corrected chi connectivity index (χ3v) is 6.02. The van der Waals surface area contributed by atoms with Gasteiger partial charge in [0.1, 0.15) is 26.4 Å². The molecule has 0 fully saturated rings. The molecule has 2 aromatic rings. The molecule has 1 aliphatic heterocycles. The first-order valence-corrected chi connectivity index (χ1v) is 13.9. The molecule has 2 aromatic heterocycles. The molecular formula is C24H36O10S2. The van der Waals surface area contributed by atoms with Crippen molar-refractivity contribution in [2.24, 2.45) is 0 Å². The SMILES string of the molecule is c1scc2c1OCCOCCOCCOCCOc1cscc1OCCOCCOCCOCCO2. The second-order valence-corrected chi connectivity index (χ2v) is 8.76. The van der Waals surface area contributed by atoms with E-state index in [0.29, 0.717) is 129 Å². The maximum atomic E-state index is 5.75. The van der Waals surface area contributed by atoms with Crippen molar-refractivity contribution < 1.29 is 47.4 Å². The number of hydrogen-bond donors (Lipinski definition) is 0. The zero-order chi connectivity index (χ0) is 24.9. The summed E-state index contributed by atoms with van der Waals surface area (Å²) in [5.74, 6) is 2.85. The highest BCUT2D eigenvalue weighted by atomic mass is 32.1. The van der Waals surface area contributed by atoms with Crippen LogP contribution in [0.5, 0.6) is 23.0 Å². The van der Waals surface area contributed by atoms with Crippen LogP contribution in [0.4, 0.5) is 0 Å². The lowest BCUT2D eigenvalue weighted by Crippen LogP contribution is -2.15. The lowest BCUT2D eigenvalue weighted by atomic mass is 10.5. The van der Waals surface area contributed by atoms with Crippen molar-refractivity contribution in [3.8, 4) is 23.0 Å². The van der Waals surface area contributed by atoms with Crippen LogP contribution in [0.25, 0.3) is 0 Å². The molecule has 0 amide bonds. The fourth-order valence-electron chi connectivity index (χ4n) is 2.89. The Labute approximate surface area is 220 Å². The summed E-state index contributed by atoms with van der Waals surface area (Å²) in [6.45, 7) is 7.57. The topological polar surface area (TPSA) is 92.3 Å². The third kappa shape index (κ3) is 12.5. The molecule has 0 saturated heterocycles. The molecular weight excluding hydrogens is 512 g/mol. The van der Waals surface area contributed by atoms with Gasteiger partial charge in [0.25, 0.3) is 0 Å². The molecule has 0 unspecified atom stereocenters. The van der Waals surface area contributed by atoms with Crippen molar-refractivity contribution >= 4 is 22.7 Å². The lowest BCUT2D eigenvalue weighted by molar-refractivity contribution is 0.00258. The van der Waals surface area contributed by atoms with Gasteiger partial charge in [0.05, 0.1) is 79.3 Å². The first-order chi connectivity index (χ1) is 17.9. The molecule has 10 nitrogen and oxygen atoms in total. The predicted molar refractivity (Wildman–Crippen MR) is 136 cm³/mol. The van der Waals surface area contributed by atoms with Crippen LogP contribution < -0.4 is 18.9 Å². The molecule has 0 saturated carbocycles. The van der Waals surface area contributed by atoms with E-state index in [9.17, 15) is 0 Å². The van der Waals surface area contributed by atoms with Gasteiger partial charge in [-0.05, 0) is 0 Å². The van der Waals surface area contributed by atoms with Gasteiger partial charge in [0.15, 0.2) is 23.0 Å². The van der Waals surface area contributed by atoms with Crippen molar-refractivity contribution in [1.29, 1.82) is 0 Å². The molecule has 12 heteroatoms.